The van der Waals surface area contributed by atoms with Crippen molar-refractivity contribution in [2.75, 3.05) is 0 Å². The number of benzene rings is 3. The number of nitrogens with one attached hydrogen (secondary N) is 1. The molecule has 0 fully saturated rings. The topological polar surface area (TPSA) is 24.4 Å². The van der Waals surface area contributed by atoms with Gasteiger partial charge in [-0.25, -0.2) is 0 Å². The van der Waals surface area contributed by atoms with Gasteiger partial charge in [0.25, 0.3) is 0 Å². The fourth-order valence-electron chi connectivity index (χ4n) is 2.90. The molecule has 0 aromatic heterocycles. The van der Waals surface area contributed by atoms with Crippen LogP contribution in [0.1, 0.15) is 22.7 Å². The van der Waals surface area contributed by atoms with E-state index in [1.807, 2.05) is 24.3 Å². The van der Waals surface area contributed by atoms with Gasteiger partial charge in [-0.2, -0.15) is 0 Å². The average Bonchev–Trinajstić information content (AvgIpc) is 2.69. The van der Waals surface area contributed by atoms with E-state index in [9.17, 15) is 0 Å². The van der Waals surface area contributed by atoms with Gasteiger partial charge in [0.2, 0.25) is 0 Å². The van der Waals surface area contributed by atoms with Crippen LogP contribution in [0.15, 0.2) is 100 Å². The summed E-state index contributed by atoms with van der Waals surface area (Å²) in [7, 11) is 0. The van der Waals surface area contributed by atoms with E-state index in [4.69, 9.17) is 4.99 Å². The lowest BCUT2D eigenvalue weighted by atomic mass is 10.0. The lowest BCUT2D eigenvalue weighted by Gasteiger charge is -2.23. The summed E-state index contributed by atoms with van der Waals surface area (Å²) in [5.41, 5.74) is 4.51. The van der Waals surface area contributed by atoms with E-state index >= 15 is 0 Å². The first-order valence-corrected chi connectivity index (χ1v) is 9.02. The third-order valence-electron chi connectivity index (χ3n) is 4.19. The van der Waals surface area contributed by atoms with Gasteiger partial charge in [-0.1, -0.05) is 88.7 Å². The van der Waals surface area contributed by atoms with Gasteiger partial charge < -0.3 is 5.32 Å². The van der Waals surface area contributed by atoms with Gasteiger partial charge in [0, 0.05) is 15.7 Å². The summed E-state index contributed by atoms with van der Waals surface area (Å²) in [4.78, 5) is 4.94. The monoisotopic (exact) mass is 388 g/mol. The molecule has 0 radical (unpaired) electrons. The second kappa shape index (κ2) is 7.08. The summed E-state index contributed by atoms with van der Waals surface area (Å²) in [6.07, 6.45) is 2.19. The predicted molar refractivity (Wildman–Crippen MR) is 107 cm³/mol. The molecule has 1 N–H and O–H groups in total. The molecular formula is C22H17BrN2. The Kier molecular flexibility index (Phi) is 4.49. The number of amidine groups is 1. The molecule has 122 valence electrons. The van der Waals surface area contributed by atoms with Crippen molar-refractivity contribution in [3.05, 3.63) is 112 Å². The summed E-state index contributed by atoms with van der Waals surface area (Å²) < 4.78 is 1.07. The zero-order valence-corrected chi connectivity index (χ0v) is 15.1. The average molecular weight is 389 g/mol. The number of hydrogen-bond donors (Lipinski definition) is 1. The minimum Gasteiger partial charge on any atom is -0.340 e. The quantitative estimate of drug-likeness (QED) is 0.621. The Morgan fingerprint density at radius 3 is 1.96 bits per heavy atom. The number of hydrogen-bond acceptors (Lipinski definition) is 2. The normalized spacial score (nSPS) is 16.6. The molecule has 3 aromatic carbocycles. The fourth-order valence-corrected chi connectivity index (χ4v) is 3.16. The van der Waals surface area contributed by atoms with Crippen LogP contribution in [0.4, 0.5) is 0 Å². The molecule has 0 bridgehead atoms. The predicted octanol–water partition coefficient (Wildman–Crippen LogP) is 5.58. The molecule has 1 aliphatic heterocycles. The highest BCUT2D eigenvalue weighted by molar-refractivity contribution is 9.10. The molecule has 3 heteroatoms. The van der Waals surface area contributed by atoms with E-state index < -0.39 is 0 Å². The molecule has 0 amide bonds. The minimum atomic E-state index is -0.0141. The maximum Gasteiger partial charge on any atom is 0.133 e. The number of nitrogens with zero attached hydrogens (tertiary/aromatic N) is 1. The van der Waals surface area contributed by atoms with Crippen LogP contribution in [-0.2, 0) is 0 Å². The van der Waals surface area contributed by atoms with Gasteiger partial charge in [-0.05, 0) is 29.3 Å². The van der Waals surface area contributed by atoms with E-state index in [0.29, 0.717) is 0 Å². The van der Waals surface area contributed by atoms with Crippen LogP contribution < -0.4 is 5.32 Å². The molecule has 0 saturated carbocycles. The number of rotatable bonds is 3. The van der Waals surface area contributed by atoms with Crippen molar-refractivity contribution in [2.45, 2.75) is 6.04 Å². The molecule has 25 heavy (non-hydrogen) atoms. The molecule has 1 heterocycles. The zero-order chi connectivity index (χ0) is 17.1. The van der Waals surface area contributed by atoms with Crippen LogP contribution in [0.3, 0.4) is 0 Å². The first kappa shape index (κ1) is 15.9. The Bertz CT molecular complexity index is 858. The van der Waals surface area contributed by atoms with Crippen molar-refractivity contribution < 1.29 is 0 Å². The van der Waals surface area contributed by atoms with E-state index in [0.717, 1.165) is 27.1 Å². The summed E-state index contributed by atoms with van der Waals surface area (Å²) in [6.45, 7) is 0. The van der Waals surface area contributed by atoms with Crippen molar-refractivity contribution in [1.82, 2.24) is 5.32 Å². The van der Waals surface area contributed by atoms with Gasteiger partial charge >= 0.3 is 0 Å². The Labute approximate surface area is 156 Å². The van der Waals surface area contributed by atoms with Gasteiger partial charge in [-0.3, -0.25) is 4.99 Å². The van der Waals surface area contributed by atoms with Crippen LogP contribution in [-0.4, -0.2) is 5.84 Å². The van der Waals surface area contributed by atoms with Crippen LogP contribution in [0.25, 0.3) is 5.70 Å². The van der Waals surface area contributed by atoms with Crippen LogP contribution in [0.2, 0.25) is 0 Å². The second-order valence-corrected chi connectivity index (χ2v) is 6.83. The summed E-state index contributed by atoms with van der Waals surface area (Å²) >= 11 is 3.50. The summed E-state index contributed by atoms with van der Waals surface area (Å²) in [5.74, 6) is 0.898. The van der Waals surface area contributed by atoms with Crippen LogP contribution in [0.5, 0.6) is 0 Å². The van der Waals surface area contributed by atoms with Crippen LogP contribution >= 0.6 is 15.9 Å². The largest absolute Gasteiger partial charge is 0.340 e. The highest BCUT2D eigenvalue weighted by Gasteiger charge is 2.18. The number of aliphatic imine (C=N–C) groups is 1. The Morgan fingerprint density at radius 2 is 1.32 bits per heavy atom. The van der Waals surface area contributed by atoms with Gasteiger partial charge in [0.15, 0.2) is 0 Å². The van der Waals surface area contributed by atoms with Crippen molar-refractivity contribution in [3.8, 4) is 0 Å². The van der Waals surface area contributed by atoms with E-state index in [2.05, 4.69) is 88.0 Å². The molecule has 3 aromatic rings. The highest BCUT2D eigenvalue weighted by Crippen LogP contribution is 2.28. The summed E-state index contributed by atoms with van der Waals surface area (Å²) in [6, 6.07) is 29.0. The standard InChI is InChI=1S/C22H17BrN2/c23-19-13-11-17(12-14-19)21-15-20(16-7-3-1-4-8-16)24-22(25-21)18-9-5-2-6-10-18/h1-15,21H,(H,24,25). The van der Waals surface area contributed by atoms with Crippen LogP contribution in [0, 0.1) is 0 Å². The lowest BCUT2D eigenvalue weighted by molar-refractivity contribution is 0.880. The third-order valence-corrected chi connectivity index (χ3v) is 4.72. The minimum absolute atomic E-state index is 0.0141. The molecule has 0 saturated heterocycles. The molecule has 1 unspecified atom stereocenters. The van der Waals surface area contributed by atoms with Crippen molar-refractivity contribution in [2.24, 2.45) is 4.99 Å². The SMILES string of the molecule is Brc1ccc(C2C=C(c3ccccc3)NC(c3ccccc3)=N2)cc1. The summed E-state index contributed by atoms with van der Waals surface area (Å²) in [5, 5.41) is 3.50. The third kappa shape index (κ3) is 3.57. The Morgan fingerprint density at radius 1 is 0.720 bits per heavy atom. The van der Waals surface area contributed by atoms with E-state index in [-0.39, 0.29) is 6.04 Å². The zero-order valence-electron chi connectivity index (χ0n) is 13.6. The Balaban J connectivity index is 1.78. The second-order valence-electron chi connectivity index (χ2n) is 5.91. The highest BCUT2D eigenvalue weighted by atomic mass is 79.9. The molecule has 1 aliphatic rings. The Hall–Kier alpha value is -2.65. The van der Waals surface area contributed by atoms with Gasteiger partial charge in [-0.15, -0.1) is 0 Å². The molecule has 0 spiro atoms. The maximum atomic E-state index is 4.94. The smallest absolute Gasteiger partial charge is 0.133 e. The lowest BCUT2D eigenvalue weighted by Crippen LogP contribution is -2.27. The van der Waals surface area contributed by atoms with Gasteiger partial charge in [0.1, 0.15) is 5.84 Å². The van der Waals surface area contributed by atoms with E-state index in [1.165, 1.54) is 5.56 Å². The molecule has 2 nitrogen and oxygen atoms in total. The first-order valence-electron chi connectivity index (χ1n) is 8.22. The molecule has 0 aliphatic carbocycles. The first-order chi connectivity index (χ1) is 12.3. The van der Waals surface area contributed by atoms with Crippen molar-refractivity contribution >= 4 is 27.5 Å². The number of halogens is 1. The molecule has 1 atom stereocenters. The fraction of sp³-hybridized carbons (Fsp3) is 0.0455. The maximum absolute atomic E-state index is 4.94. The van der Waals surface area contributed by atoms with Crippen molar-refractivity contribution in [3.63, 3.8) is 0 Å². The molecular weight excluding hydrogens is 372 g/mol. The van der Waals surface area contributed by atoms with E-state index in [1.54, 1.807) is 0 Å². The molecule has 4 rings (SSSR count). The van der Waals surface area contributed by atoms with Crippen molar-refractivity contribution in [1.29, 1.82) is 0 Å². The van der Waals surface area contributed by atoms with Gasteiger partial charge in [0.05, 0.1) is 6.04 Å².